The molecule has 1 heterocycles. The van der Waals surface area contributed by atoms with Crippen molar-refractivity contribution < 1.29 is 5.11 Å². The topological polar surface area (TPSA) is 23.5 Å². The molecule has 0 radical (unpaired) electrons. The number of rotatable bonds is 3. The number of nitrogens with zero attached hydrogens (tertiary/aromatic N) is 1. The molecule has 15 heavy (non-hydrogen) atoms. The van der Waals surface area contributed by atoms with Gasteiger partial charge < -0.3 is 10.0 Å². The van der Waals surface area contributed by atoms with Gasteiger partial charge in [-0.25, -0.2) is 0 Å². The molecule has 1 saturated heterocycles. The SMILES string of the molecule is OCCCN1CCSC2(CCCCC2)C1. The van der Waals surface area contributed by atoms with Crippen LogP contribution in [0.3, 0.4) is 0 Å². The molecular weight excluding hydrogens is 206 g/mol. The molecule has 0 aromatic carbocycles. The molecule has 0 unspecified atom stereocenters. The lowest BCUT2D eigenvalue weighted by molar-refractivity contribution is 0.195. The molecule has 2 nitrogen and oxygen atoms in total. The summed E-state index contributed by atoms with van der Waals surface area (Å²) >= 11 is 2.22. The van der Waals surface area contributed by atoms with Gasteiger partial charge in [0.2, 0.25) is 0 Å². The van der Waals surface area contributed by atoms with Gasteiger partial charge >= 0.3 is 0 Å². The van der Waals surface area contributed by atoms with Crippen LogP contribution in [0.1, 0.15) is 38.5 Å². The van der Waals surface area contributed by atoms with Crippen LogP contribution in [0.15, 0.2) is 0 Å². The fourth-order valence-corrected chi connectivity index (χ4v) is 4.54. The molecule has 2 aliphatic rings. The number of thioether (sulfide) groups is 1. The molecule has 0 aromatic rings. The van der Waals surface area contributed by atoms with Gasteiger partial charge in [-0.1, -0.05) is 19.3 Å². The van der Waals surface area contributed by atoms with Crippen molar-refractivity contribution in [1.29, 1.82) is 0 Å². The Labute approximate surface area is 97.4 Å². The van der Waals surface area contributed by atoms with Crippen molar-refractivity contribution in [3.05, 3.63) is 0 Å². The van der Waals surface area contributed by atoms with E-state index in [1.54, 1.807) is 0 Å². The van der Waals surface area contributed by atoms with Crippen molar-refractivity contribution in [2.24, 2.45) is 0 Å². The first kappa shape index (κ1) is 11.7. The predicted molar refractivity (Wildman–Crippen MR) is 66.4 cm³/mol. The molecule has 88 valence electrons. The summed E-state index contributed by atoms with van der Waals surface area (Å²) in [6, 6.07) is 0. The highest BCUT2D eigenvalue weighted by atomic mass is 32.2. The molecule has 1 saturated carbocycles. The third kappa shape index (κ3) is 3.11. The first-order valence-corrected chi connectivity index (χ1v) is 7.30. The van der Waals surface area contributed by atoms with Gasteiger partial charge in [0, 0.05) is 36.7 Å². The maximum Gasteiger partial charge on any atom is 0.0443 e. The summed E-state index contributed by atoms with van der Waals surface area (Å²) in [4.78, 5) is 2.57. The minimum absolute atomic E-state index is 0.344. The average Bonchev–Trinajstić information content (AvgIpc) is 2.28. The standard InChI is InChI=1S/C12H23NOS/c14-9-4-7-13-8-10-15-12(11-13)5-2-1-3-6-12/h14H,1-11H2. The van der Waals surface area contributed by atoms with Crippen LogP contribution in [-0.4, -0.2) is 46.7 Å². The summed E-state index contributed by atoms with van der Waals surface area (Å²) in [5.74, 6) is 1.30. The lowest BCUT2D eigenvalue weighted by atomic mass is 9.87. The molecule has 1 N–H and O–H groups in total. The van der Waals surface area contributed by atoms with E-state index in [2.05, 4.69) is 16.7 Å². The summed E-state index contributed by atoms with van der Waals surface area (Å²) in [5.41, 5.74) is 0. The van der Waals surface area contributed by atoms with E-state index < -0.39 is 0 Å². The summed E-state index contributed by atoms with van der Waals surface area (Å²) in [6.45, 7) is 3.94. The summed E-state index contributed by atoms with van der Waals surface area (Å²) < 4.78 is 0.589. The zero-order valence-electron chi connectivity index (χ0n) is 9.58. The van der Waals surface area contributed by atoms with E-state index in [9.17, 15) is 0 Å². The quantitative estimate of drug-likeness (QED) is 0.802. The zero-order chi connectivity index (χ0) is 10.6. The van der Waals surface area contributed by atoms with Crippen LogP contribution in [-0.2, 0) is 0 Å². The Bertz CT molecular complexity index is 187. The maximum atomic E-state index is 8.87. The molecule has 3 heteroatoms. The molecule has 2 rings (SSSR count). The highest BCUT2D eigenvalue weighted by Gasteiger charge is 2.36. The largest absolute Gasteiger partial charge is 0.396 e. The van der Waals surface area contributed by atoms with Gasteiger partial charge in [0.05, 0.1) is 0 Å². The second-order valence-electron chi connectivity index (χ2n) is 4.95. The van der Waals surface area contributed by atoms with Crippen LogP contribution in [0, 0.1) is 0 Å². The second kappa shape index (κ2) is 5.55. The molecule has 0 atom stereocenters. The van der Waals surface area contributed by atoms with Gasteiger partial charge in [-0.2, -0.15) is 11.8 Å². The van der Waals surface area contributed by atoms with Crippen molar-refractivity contribution in [2.45, 2.75) is 43.3 Å². The summed E-state index contributed by atoms with van der Waals surface area (Å²) in [5, 5.41) is 8.87. The van der Waals surface area contributed by atoms with E-state index in [4.69, 9.17) is 5.11 Å². The van der Waals surface area contributed by atoms with Gasteiger partial charge in [0.1, 0.15) is 0 Å². The minimum atomic E-state index is 0.344. The molecule has 2 fully saturated rings. The molecule has 0 amide bonds. The Morgan fingerprint density at radius 3 is 2.73 bits per heavy atom. The normalized spacial score (nSPS) is 27.0. The van der Waals surface area contributed by atoms with Crippen LogP contribution < -0.4 is 0 Å². The zero-order valence-corrected chi connectivity index (χ0v) is 10.4. The van der Waals surface area contributed by atoms with Crippen LogP contribution in [0.25, 0.3) is 0 Å². The van der Waals surface area contributed by atoms with Crippen molar-refractivity contribution >= 4 is 11.8 Å². The van der Waals surface area contributed by atoms with E-state index in [0.717, 1.165) is 13.0 Å². The van der Waals surface area contributed by atoms with Crippen molar-refractivity contribution in [3.63, 3.8) is 0 Å². The van der Waals surface area contributed by atoms with Gasteiger partial charge in [0.25, 0.3) is 0 Å². The number of hydrogen-bond acceptors (Lipinski definition) is 3. The second-order valence-corrected chi connectivity index (χ2v) is 6.51. The van der Waals surface area contributed by atoms with Crippen LogP contribution in [0.5, 0.6) is 0 Å². The van der Waals surface area contributed by atoms with E-state index in [-0.39, 0.29) is 0 Å². The van der Waals surface area contributed by atoms with E-state index >= 15 is 0 Å². The number of aliphatic hydroxyl groups is 1. The van der Waals surface area contributed by atoms with Crippen molar-refractivity contribution in [1.82, 2.24) is 4.90 Å². The first-order valence-electron chi connectivity index (χ1n) is 6.32. The summed E-state index contributed by atoms with van der Waals surface area (Å²) in [6.07, 6.45) is 8.10. The number of aliphatic hydroxyl groups excluding tert-OH is 1. The van der Waals surface area contributed by atoms with Gasteiger partial charge in [0.15, 0.2) is 0 Å². The lowest BCUT2D eigenvalue weighted by Gasteiger charge is -2.44. The molecule has 0 bridgehead atoms. The Kier molecular flexibility index (Phi) is 4.35. The van der Waals surface area contributed by atoms with Crippen molar-refractivity contribution in [2.75, 3.05) is 32.0 Å². The highest BCUT2D eigenvalue weighted by Crippen LogP contribution is 2.42. The summed E-state index contributed by atoms with van der Waals surface area (Å²) in [7, 11) is 0. The van der Waals surface area contributed by atoms with Crippen molar-refractivity contribution in [3.8, 4) is 0 Å². The molecule has 1 aliphatic heterocycles. The van der Waals surface area contributed by atoms with Crippen LogP contribution in [0.2, 0.25) is 0 Å². The monoisotopic (exact) mass is 229 g/mol. The first-order chi connectivity index (χ1) is 7.35. The number of hydrogen-bond donors (Lipinski definition) is 1. The smallest absolute Gasteiger partial charge is 0.0443 e. The van der Waals surface area contributed by atoms with Gasteiger partial charge in [-0.3, -0.25) is 0 Å². The maximum absolute atomic E-state index is 8.87. The van der Waals surface area contributed by atoms with Crippen LogP contribution in [0.4, 0.5) is 0 Å². The Hall–Kier alpha value is 0.270. The van der Waals surface area contributed by atoms with Gasteiger partial charge in [-0.15, -0.1) is 0 Å². The minimum Gasteiger partial charge on any atom is -0.396 e. The fourth-order valence-electron chi connectivity index (χ4n) is 2.91. The van der Waals surface area contributed by atoms with E-state index in [1.807, 2.05) is 0 Å². The average molecular weight is 229 g/mol. The van der Waals surface area contributed by atoms with E-state index in [1.165, 1.54) is 50.9 Å². The highest BCUT2D eigenvalue weighted by molar-refractivity contribution is 8.00. The third-order valence-corrected chi connectivity index (χ3v) is 5.26. The van der Waals surface area contributed by atoms with E-state index in [0.29, 0.717) is 11.4 Å². The predicted octanol–water partition coefficient (Wildman–Crippen LogP) is 2.12. The Morgan fingerprint density at radius 1 is 1.20 bits per heavy atom. The van der Waals surface area contributed by atoms with Crippen LogP contribution >= 0.6 is 11.8 Å². The Morgan fingerprint density at radius 2 is 2.00 bits per heavy atom. The molecular formula is C12H23NOS. The Balaban J connectivity index is 1.85. The third-order valence-electron chi connectivity index (χ3n) is 3.72. The molecule has 0 aromatic heterocycles. The fraction of sp³-hybridized carbons (Fsp3) is 1.00. The molecule has 1 spiro atoms. The molecule has 1 aliphatic carbocycles. The van der Waals surface area contributed by atoms with Gasteiger partial charge in [-0.05, 0) is 19.3 Å². The lowest BCUT2D eigenvalue weighted by Crippen LogP contribution is -2.47.